The smallest absolute Gasteiger partial charge is 0.189 e. The van der Waals surface area contributed by atoms with E-state index in [1.807, 2.05) is 0 Å². The van der Waals surface area contributed by atoms with E-state index >= 15 is 0 Å². The fourth-order valence-electron chi connectivity index (χ4n) is 8.63. The van der Waals surface area contributed by atoms with E-state index in [0.29, 0.717) is 5.78 Å². The normalized spacial score (nSPS) is 30.8. The Balaban J connectivity index is 1.34. The zero-order chi connectivity index (χ0) is 27.1. The molecule has 2 aromatic rings. The summed E-state index contributed by atoms with van der Waals surface area (Å²) in [5, 5.41) is 0. The van der Waals surface area contributed by atoms with Gasteiger partial charge in [0.05, 0.1) is 0 Å². The van der Waals surface area contributed by atoms with Crippen molar-refractivity contribution >= 4 is 11.4 Å². The molecule has 40 heavy (non-hydrogen) atoms. The first-order chi connectivity index (χ1) is 19.7. The van der Waals surface area contributed by atoms with Crippen molar-refractivity contribution in [2.45, 2.75) is 128 Å². The van der Waals surface area contributed by atoms with Crippen LogP contribution in [0.4, 0.5) is 0 Å². The molecule has 0 aromatic heterocycles. The summed E-state index contributed by atoms with van der Waals surface area (Å²) in [6.45, 7) is 0. The molecule has 10 aliphatic rings. The highest BCUT2D eigenvalue weighted by molar-refractivity contribution is 6.13. The molecule has 0 N–H and O–H groups in total. The van der Waals surface area contributed by atoms with Crippen LogP contribution in [0.5, 0.6) is 0 Å². The lowest BCUT2D eigenvalue weighted by Crippen LogP contribution is -2.16. The van der Waals surface area contributed by atoms with E-state index in [0.717, 1.165) is 54.1 Å². The Morgan fingerprint density at radius 1 is 0.375 bits per heavy atom. The molecule has 0 atom stereocenters. The summed E-state index contributed by atoms with van der Waals surface area (Å²) in [4.78, 5) is 14.3. The standard InChI is InChI=1S/C39H52O/c40-39-36-26-21-33(22-27-36)8-3-7-31-15-17-34(18-16-31)23-28-38(39)37-10-4-9-32-13-11-29(12-14-32)5-1-2-6-30-19-24-35(37)25-20-30/h19-22,24-27,29,31-32,34H,1-18,23,28H2. The summed E-state index contributed by atoms with van der Waals surface area (Å²) in [5.41, 5.74) is 7.55. The third-order valence-electron chi connectivity index (χ3n) is 11.3. The molecule has 0 amide bonds. The molecule has 10 aliphatic carbocycles. The third-order valence-corrected chi connectivity index (χ3v) is 11.3. The van der Waals surface area contributed by atoms with Crippen LogP contribution in [0, 0.1) is 23.7 Å². The zero-order valence-electron chi connectivity index (χ0n) is 25.0. The first kappa shape index (κ1) is 28.0. The number of aryl methyl sites for hydroxylation is 2. The van der Waals surface area contributed by atoms with Gasteiger partial charge in [-0.1, -0.05) is 126 Å². The van der Waals surface area contributed by atoms with E-state index in [9.17, 15) is 4.79 Å². The molecule has 0 unspecified atom stereocenters. The van der Waals surface area contributed by atoms with Crippen molar-refractivity contribution < 1.29 is 4.79 Å². The second-order valence-electron chi connectivity index (χ2n) is 14.0. The lowest BCUT2D eigenvalue weighted by atomic mass is 9.76. The number of rotatable bonds is 0. The fourth-order valence-corrected chi connectivity index (χ4v) is 8.63. The van der Waals surface area contributed by atoms with Crippen molar-refractivity contribution in [3.63, 3.8) is 0 Å². The van der Waals surface area contributed by atoms with Gasteiger partial charge in [0, 0.05) is 11.1 Å². The summed E-state index contributed by atoms with van der Waals surface area (Å²) < 4.78 is 0. The first-order valence-electron chi connectivity index (χ1n) is 17.2. The van der Waals surface area contributed by atoms with E-state index in [2.05, 4.69) is 48.5 Å². The van der Waals surface area contributed by atoms with Gasteiger partial charge < -0.3 is 0 Å². The van der Waals surface area contributed by atoms with Crippen LogP contribution in [0.25, 0.3) is 5.57 Å². The number of carbonyl (C=O) groups is 1. The molecule has 1 heteroatoms. The van der Waals surface area contributed by atoms with E-state index in [1.165, 1.54) is 131 Å². The van der Waals surface area contributed by atoms with Crippen LogP contribution >= 0.6 is 0 Å². The highest BCUT2D eigenvalue weighted by Gasteiger charge is 2.26. The molecule has 8 bridgehead atoms. The van der Waals surface area contributed by atoms with Crippen molar-refractivity contribution in [3.8, 4) is 0 Å². The van der Waals surface area contributed by atoms with Crippen LogP contribution in [-0.2, 0) is 12.8 Å². The zero-order valence-corrected chi connectivity index (χ0v) is 25.0. The Labute approximate surface area is 244 Å². The molecular weight excluding hydrogens is 484 g/mol. The van der Waals surface area contributed by atoms with Gasteiger partial charge in [-0.15, -0.1) is 0 Å². The van der Waals surface area contributed by atoms with Gasteiger partial charge in [0.15, 0.2) is 5.78 Å². The Hall–Kier alpha value is -2.15. The van der Waals surface area contributed by atoms with Gasteiger partial charge in [-0.2, -0.15) is 0 Å². The maximum Gasteiger partial charge on any atom is 0.189 e. The maximum atomic E-state index is 14.3. The molecule has 1 nitrogen and oxygen atoms in total. The minimum atomic E-state index is 0.295. The number of carbonyl (C=O) groups excluding carboxylic acids is 1. The lowest BCUT2D eigenvalue weighted by molar-refractivity contribution is 0.102. The van der Waals surface area contributed by atoms with E-state index in [4.69, 9.17) is 0 Å². The minimum Gasteiger partial charge on any atom is -0.289 e. The quantitative estimate of drug-likeness (QED) is 0.306. The predicted molar refractivity (Wildman–Crippen MR) is 169 cm³/mol. The van der Waals surface area contributed by atoms with Gasteiger partial charge >= 0.3 is 0 Å². The number of Topliss-reactive ketones (excluding diaryl/α,β-unsaturated/α-hetero) is 1. The molecule has 0 aliphatic heterocycles. The molecule has 0 spiro atoms. The Kier molecular flexibility index (Phi) is 9.57. The summed E-state index contributed by atoms with van der Waals surface area (Å²) in [5.74, 6) is 3.86. The molecule has 0 saturated heterocycles. The monoisotopic (exact) mass is 536 g/mol. The molecule has 2 fully saturated rings. The van der Waals surface area contributed by atoms with Crippen molar-refractivity contribution in [2.24, 2.45) is 23.7 Å². The second-order valence-corrected chi connectivity index (χ2v) is 14.0. The molecular formula is C39H52O. The minimum absolute atomic E-state index is 0.295. The van der Waals surface area contributed by atoms with Gasteiger partial charge in [-0.3, -0.25) is 4.79 Å². The molecule has 2 saturated carbocycles. The molecule has 0 heterocycles. The van der Waals surface area contributed by atoms with Crippen LogP contribution in [0.1, 0.15) is 143 Å². The van der Waals surface area contributed by atoms with Crippen molar-refractivity contribution in [3.05, 3.63) is 76.4 Å². The average molecular weight is 537 g/mol. The number of hydrogen-bond acceptors (Lipinski definition) is 1. The van der Waals surface area contributed by atoms with Gasteiger partial charge in [0.2, 0.25) is 0 Å². The van der Waals surface area contributed by atoms with Crippen LogP contribution in [0.15, 0.2) is 54.1 Å². The SMILES string of the molecule is O=C1C(=C2CCCC3CCC(CCCCc4ccc2cc4)CC3)CCC2CCC(CCCc3ccc1cc3)CC2. The van der Waals surface area contributed by atoms with Gasteiger partial charge in [-0.05, 0) is 97.3 Å². The van der Waals surface area contributed by atoms with Crippen molar-refractivity contribution in [1.29, 1.82) is 0 Å². The summed E-state index contributed by atoms with van der Waals surface area (Å²) >= 11 is 0. The Morgan fingerprint density at radius 2 is 0.825 bits per heavy atom. The van der Waals surface area contributed by atoms with E-state index in [-0.39, 0.29) is 0 Å². The number of ketones is 1. The van der Waals surface area contributed by atoms with E-state index in [1.54, 1.807) is 0 Å². The molecule has 2 aromatic carbocycles. The van der Waals surface area contributed by atoms with Crippen molar-refractivity contribution in [1.82, 2.24) is 0 Å². The van der Waals surface area contributed by atoms with Crippen LogP contribution in [0.2, 0.25) is 0 Å². The largest absolute Gasteiger partial charge is 0.289 e. The van der Waals surface area contributed by atoms with E-state index < -0.39 is 0 Å². The van der Waals surface area contributed by atoms with Crippen LogP contribution in [0.3, 0.4) is 0 Å². The topological polar surface area (TPSA) is 17.1 Å². The van der Waals surface area contributed by atoms with Crippen LogP contribution in [-0.4, -0.2) is 5.78 Å². The highest BCUT2D eigenvalue weighted by Crippen LogP contribution is 2.39. The average Bonchev–Trinajstić information content (AvgIpc) is 3.01. The van der Waals surface area contributed by atoms with Crippen LogP contribution < -0.4 is 0 Å². The molecule has 12 rings (SSSR count). The lowest BCUT2D eigenvalue weighted by Gasteiger charge is -2.29. The Morgan fingerprint density at radius 3 is 1.40 bits per heavy atom. The summed E-state index contributed by atoms with van der Waals surface area (Å²) in [7, 11) is 0. The van der Waals surface area contributed by atoms with Gasteiger partial charge in [0.1, 0.15) is 0 Å². The van der Waals surface area contributed by atoms with Crippen molar-refractivity contribution in [2.75, 3.05) is 0 Å². The summed E-state index contributed by atoms with van der Waals surface area (Å²) in [6, 6.07) is 18.2. The van der Waals surface area contributed by atoms with Gasteiger partial charge in [-0.25, -0.2) is 0 Å². The highest BCUT2D eigenvalue weighted by atomic mass is 16.1. The predicted octanol–water partition coefficient (Wildman–Crippen LogP) is 10.9. The first-order valence-corrected chi connectivity index (χ1v) is 17.2. The Bertz CT molecular complexity index is 1120. The summed E-state index contributed by atoms with van der Waals surface area (Å²) in [6.07, 6.45) is 26.1. The third kappa shape index (κ3) is 7.18. The second kappa shape index (κ2) is 13.7. The number of hydrogen-bond donors (Lipinski definition) is 0. The maximum absolute atomic E-state index is 14.3. The fraction of sp³-hybridized carbons (Fsp3) is 0.615. The number of allylic oxidation sites excluding steroid dienone is 2. The molecule has 0 radical (unpaired) electrons. The number of benzene rings is 2. The van der Waals surface area contributed by atoms with Gasteiger partial charge in [0.25, 0.3) is 0 Å². The molecule has 214 valence electrons.